The Hall–Kier alpha value is -1.07. The Morgan fingerprint density at radius 3 is 2.65 bits per heavy atom. The Balaban J connectivity index is 2.33. The Labute approximate surface area is 121 Å². The van der Waals surface area contributed by atoms with E-state index in [0.29, 0.717) is 5.92 Å². The van der Waals surface area contributed by atoms with Crippen molar-refractivity contribution in [3.63, 3.8) is 0 Å². The van der Waals surface area contributed by atoms with Crippen molar-refractivity contribution < 1.29 is 9.47 Å². The first-order chi connectivity index (χ1) is 9.76. The number of rotatable bonds is 9. The second kappa shape index (κ2) is 7.09. The molecule has 1 aromatic heterocycles. The number of methoxy groups -OCH3 is 2. The number of ether oxygens (including phenoxy) is 2. The maximum atomic E-state index is 5.79. The first kappa shape index (κ1) is 15.3. The molecule has 2 unspecified atom stereocenters. The summed E-state index contributed by atoms with van der Waals surface area (Å²) in [5.41, 5.74) is 1.12. The Morgan fingerprint density at radius 1 is 1.40 bits per heavy atom. The molecule has 1 N–H and O–H groups in total. The van der Waals surface area contributed by atoms with Gasteiger partial charge in [0.2, 0.25) is 0 Å². The Morgan fingerprint density at radius 2 is 2.15 bits per heavy atom. The van der Waals surface area contributed by atoms with E-state index in [4.69, 9.17) is 9.47 Å². The van der Waals surface area contributed by atoms with Crippen LogP contribution in [0.15, 0.2) is 6.20 Å². The minimum Gasteiger partial charge on any atom is -0.493 e. The van der Waals surface area contributed by atoms with Gasteiger partial charge in [-0.25, -0.2) is 0 Å². The summed E-state index contributed by atoms with van der Waals surface area (Å²) in [5, 5.41) is 8.04. The summed E-state index contributed by atoms with van der Waals surface area (Å²) in [4.78, 5) is 0. The summed E-state index contributed by atoms with van der Waals surface area (Å²) in [6.45, 7) is 6.09. The highest BCUT2D eigenvalue weighted by Crippen LogP contribution is 2.41. The lowest BCUT2D eigenvalue weighted by atomic mass is 10.0. The summed E-state index contributed by atoms with van der Waals surface area (Å²) in [5.74, 6) is 1.51. The van der Waals surface area contributed by atoms with Crippen molar-refractivity contribution in [2.75, 3.05) is 20.8 Å². The van der Waals surface area contributed by atoms with E-state index in [0.717, 1.165) is 31.0 Å². The molecule has 0 bridgehead atoms. The number of nitrogens with zero attached hydrogens (tertiary/aromatic N) is 2. The van der Waals surface area contributed by atoms with Crippen molar-refractivity contribution in [2.24, 2.45) is 5.92 Å². The topological polar surface area (TPSA) is 48.3 Å². The van der Waals surface area contributed by atoms with Crippen LogP contribution < -0.4 is 10.1 Å². The average molecular weight is 281 g/mol. The van der Waals surface area contributed by atoms with Gasteiger partial charge in [-0.3, -0.25) is 4.68 Å². The molecule has 1 saturated carbocycles. The zero-order valence-electron chi connectivity index (χ0n) is 13.1. The molecule has 1 aliphatic carbocycles. The third-order valence-corrected chi connectivity index (χ3v) is 3.91. The molecular weight excluding hydrogens is 254 g/mol. The molecule has 1 aromatic rings. The second-order valence-corrected chi connectivity index (χ2v) is 5.39. The van der Waals surface area contributed by atoms with E-state index in [1.165, 1.54) is 12.8 Å². The van der Waals surface area contributed by atoms with Gasteiger partial charge in [0, 0.05) is 13.7 Å². The lowest BCUT2D eigenvalue weighted by Gasteiger charge is -2.28. The van der Waals surface area contributed by atoms with Crippen LogP contribution in [-0.2, 0) is 11.3 Å². The molecule has 0 radical (unpaired) electrons. The molecule has 2 atom stereocenters. The summed E-state index contributed by atoms with van der Waals surface area (Å²) in [6.07, 6.45) is 5.57. The minimum atomic E-state index is 0.140. The normalized spacial score (nSPS) is 18.0. The van der Waals surface area contributed by atoms with Gasteiger partial charge in [0.1, 0.15) is 0 Å². The summed E-state index contributed by atoms with van der Waals surface area (Å²) in [7, 11) is 3.51. The van der Waals surface area contributed by atoms with Crippen LogP contribution in [0.5, 0.6) is 5.75 Å². The van der Waals surface area contributed by atoms with Crippen LogP contribution in [0.1, 0.15) is 44.8 Å². The number of hydrogen-bond acceptors (Lipinski definition) is 4. The highest BCUT2D eigenvalue weighted by atomic mass is 16.5. The van der Waals surface area contributed by atoms with Crippen molar-refractivity contribution in [2.45, 2.75) is 51.8 Å². The van der Waals surface area contributed by atoms with Gasteiger partial charge in [-0.05, 0) is 31.7 Å². The van der Waals surface area contributed by atoms with Gasteiger partial charge < -0.3 is 14.8 Å². The monoisotopic (exact) mass is 281 g/mol. The maximum absolute atomic E-state index is 5.79. The Bertz CT molecular complexity index is 415. The molecule has 20 heavy (non-hydrogen) atoms. The van der Waals surface area contributed by atoms with E-state index >= 15 is 0 Å². The van der Waals surface area contributed by atoms with Crippen molar-refractivity contribution in [3.05, 3.63) is 11.9 Å². The largest absolute Gasteiger partial charge is 0.493 e. The molecule has 0 amide bonds. The molecule has 114 valence electrons. The van der Waals surface area contributed by atoms with Crippen LogP contribution >= 0.6 is 0 Å². The van der Waals surface area contributed by atoms with Crippen LogP contribution in [-0.4, -0.2) is 36.6 Å². The van der Waals surface area contributed by atoms with E-state index in [2.05, 4.69) is 28.9 Å². The van der Waals surface area contributed by atoms with E-state index < -0.39 is 0 Å². The molecular formula is C15H27N3O2. The summed E-state index contributed by atoms with van der Waals surface area (Å²) < 4.78 is 13.4. The molecule has 1 heterocycles. The van der Waals surface area contributed by atoms with E-state index in [1.807, 2.05) is 6.20 Å². The number of aromatic nitrogens is 2. The molecule has 2 rings (SSSR count). The van der Waals surface area contributed by atoms with E-state index in [-0.39, 0.29) is 12.1 Å². The zero-order valence-corrected chi connectivity index (χ0v) is 13.1. The van der Waals surface area contributed by atoms with Crippen LogP contribution in [0.4, 0.5) is 0 Å². The minimum absolute atomic E-state index is 0.140. The van der Waals surface area contributed by atoms with Crippen molar-refractivity contribution >= 4 is 0 Å². The van der Waals surface area contributed by atoms with Crippen molar-refractivity contribution in [3.8, 4) is 5.75 Å². The van der Waals surface area contributed by atoms with Crippen LogP contribution in [0, 0.1) is 5.92 Å². The third-order valence-electron chi connectivity index (χ3n) is 3.91. The third kappa shape index (κ3) is 3.15. The van der Waals surface area contributed by atoms with Crippen LogP contribution in [0.2, 0.25) is 0 Å². The maximum Gasteiger partial charge on any atom is 0.161 e. The predicted octanol–water partition coefficient (Wildman–Crippen LogP) is 2.38. The van der Waals surface area contributed by atoms with Gasteiger partial charge in [-0.1, -0.05) is 13.8 Å². The number of aryl methyl sites for hydroxylation is 1. The molecule has 0 aliphatic heterocycles. The van der Waals surface area contributed by atoms with Gasteiger partial charge in [0.25, 0.3) is 0 Å². The van der Waals surface area contributed by atoms with Gasteiger partial charge >= 0.3 is 0 Å². The molecule has 0 spiro atoms. The average Bonchev–Trinajstić information content (AvgIpc) is 3.20. The molecule has 1 fully saturated rings. The second-order valence-electron chi connectivity index (χ2n) is 5.39. The first-order valence-electron chi connectivity index (χ1n) is 7.62. The molecule has 0 aromatic carbocycles. The standard InChI is InChI=1S/C15H27N3O2/c1-5-9-18-14(12(19-3)10-17-18)13(16-6-2)15(20-4)11-7-8-11/h10-11,13,15-16H,5-9H2,1-4H3. The lowest BCUT2D eigenvalue weighted by molar-refractivity contribution is 0.0476. The number of hydrogen-bond donors (Lipinski definition) is 1. The fraction of sp³-hybridized carbons (Fsp3) is 0.800. The molecule has 0 saturated heterocycles. The van der Waals surface area contributed by atoms with Crippen LogP contribution in [0.25, 0.3) is 0 Å². The first-order valence-corrected chi connectivity index (χ1v) is 7.62. The van der Waals surface area contributed by atoms with Crippen molar-refractivity contribution in [1.29, 1.82) is 0 Å². The zero-order chi connectivity index (χ0) is 14.5. The van der Waals surface area contributed by atoms with Gasteiger partial charge in [0.05, 0.1) is 31.1 Å². The number of likely N-dealkylation sites (N-methyl/N-ethyl adjacent to an activating group) is 1. The quantitative estimate of drug-likeness (QED) is 0.755. The fourth-order valence-corrected chi connectivity index (χ4v) is 2.85. The predicted molar refractivity (Wildman–Crippen MR) is 79.0 cm³/mol. The highest BCUT2D eigenvalue weighted by Gasteiger charge is 2.39. The lowest BCUT2D eigenvalue weighted by Crippen LogP contribution is -2.36. The van der Waals surface area contributed by atoms with E-state index in [9.17, 15) is 0 Å². The Kier molecular flexibility index (Phi) is 5.43. The van der Waals surface area contributed by atoms with E-state index in [1.54, 1.807) is 14.2 Å². The van der Waals surface area contributed by atoms with Crippen LogP contribution in [0.3, 0.4) is 0 Å². The highest BCUT2D eigenvalue weighted by molar-refractivity contribution is 5.30. The van der Waals surface area contributed by atoms with Gasteiger partial charge in [-0.2, -0.15) is 5.10 Å². The number of nitrogens with one attached hydrogen (secondary N) is 1. The van der Waals surface area contributed by atoms with Gasteiger partial charge in [-0.15, -0.1) is 0 Å². The summed E-state index contributed by atoms with van der Waals surface area (Å²) >= 11 is 0. The molecule has 1 aliphatic rings. The summed E-state index contributed by atoms with van der Waals surface area (Å²) in [6, 6.07) is 0.140. The van der Waals surface area contributed by atoms with Gasteiger partial charge in [0.15, 0.2) is 5.75 Å². The smallest absolute Gasteiger partial charge is 0.161 e. The fourth-order valence-electron chi connectivity index (χ4n) is 2.85. The SMILES string of the molecule is CCCn1ncc(OC)c1C(NCC)C(OC)C1CC1. The van der Waals surface area contributed by atoms with Crippen molar-refractivity contribution in [1.82, 2.24) is 15.1 Å². The molecule has 5 heteroatoms. The molecule has 5 nitrogen and oxygen atoms in total.